The van der Waals surface area contributed by atoms with Gasteiger partial charge in [-0.1, -0.05) is 11.6 Å². The standard InChI is InChI=1S/C12H12ClNO/c1-7-6-10(15-3)11-9(8(7)2)4-5-14-12(11)13/h4-6H,1-3H3. The van der Waals surface area contributed by atoms with Crippen molar-refractivity contribution in [3.05, 3.63) is 34.6 Å². The molecule has 2 nitrogen and oxygen atoms in total. The van der Waals surface area contributed by atoms with Gasteiger partial charge >= 0.3 is 0 Å². The van der Waals surface area contributed by atoms with E-state index >= 15 is 0 Å². The highest BCUT2D eigenvalue weighted by atomic mass is 35.5. The van der Waals surface area contributed by atoms with Gasteiger partial charge in [0, 0.05) is 6.20 Å². The first kappa shape index (κ1) is 10.2. The van der Waals surface area contributed by atoms with Crippen molar-refractivity contribution in [2.75, 3.05) is 7.11 Å². The second kappa shape index (κ2) is 3.70. The molecule has 0 saturated heterocycles. The first-order chi connectivity index (χ1) is 7.15. The Balaban J connectivity index is 2.96. The molecular weight excluding hydrogens is 210 g/mol. The predicted molar refractivity (Wildman–Crippen MR) is 62.8 cm³/mol. The highest BCUT2D eigenvalue weighted by Crippen LogP contribution is 2.34. The normalized spacial score (nSPS) is 10.7. The number of fused-ring (bicyclic) bond motifs is 1. The number of nitrogens with zero attached hydrogens (tertiary/aromatic N) is 1. The lowest BCUT2D eigenvalue weighted by Crippen LogP contribution is -1.92. The van der Waals surface area contributed by atoms with Gasteiger partial charge in [0.05, 0.1) is 12.5 Å². The molecule has 0 radical (unpaired) electrons. The lowest BCUT2D eigenvalue weighted by atomic mass is 10.0. The molecule has 2 rings (SSSR count). The minimum Gasteiger partial charge on any atom is -0.496 e. The molecule has 0 amide bonds. The van der Waals surface area contributed by atoms with Crippen molar-refractivity contribution < 1.29 is 4.74 Å². The molecule has 0 aliphatic rings. The first-order valence-corrected chi connectivity index (χ1v) is 5.11. The molecule has 0 aliphatic heterocycles. The number of hydrogen-bond donors (Lipinski definition) is 0. The Kier molecular flexibility index (Phi) is 2.53. The molecule has 0 unspecified atom stereocenters. The fraction of sp³-hybridized carbons (Fsp3) is 0.250. The van der Waals surface area contributed by atoms with Crippen LogP contribution in [0.2, 0.25) is 5.15 Å². The van der Waals surface area contributed by atoms with Crippen LogP contribution >= 0.6 is 11.6 Å². The van der Waals surface area contributed by atoms with E-state index in [4.69, 9.17) is 16.3 Å². The van der Waals surface area contributed by atoms with Crippen LogP contribution in [0.3, 0.4) is 0 Å². The number of halogens is 1. The van der Waals surface area contributed by atoms with Gasteiger partial charge in [-0.2, -0.15) is 0 Å². The Labute approximate surface area is 93.8 Å². The Morgan fingerprint density at radius 1 is 1.33 bits per heavy atom. The summed E-state index contributed by atoms with van der Waals surface area (Å²) in [5, 5.41) is 2.49. The molecule has 0 saturated carbocycles. The quantitative estimate of drug-likeness (QED) is 0.688. The molecule has 0 fully saturated rings. The lowest BCUT2D eigenvalue weighted by Gasteiger charge is -2.11. The molecular formula is C12H12ClNO. The molecule has 2 aromatic rings. The zero-order valence-corrected chi connectivity index (χ0v) is 9.72. The minimum atomic E-state index is 0.493. The molecule has 0 N–H and O–H groups in total. The number of hydrogen-bond acceptors (Lipinski definition) is 2. The van der Waals surface area contributed by atoms with E-state index in [0.717, 1.165) is 16.5 Å². The van der Waals surface area contributed by atoms with Gasteiger partial charge in [0.2, 0.25) is 0 Å². The molecule has 0 aliphatic carbocycles. The second-order valence-corrected chi connectivity index (χ2v) is 3.90. The Hall–Kier alpha value is -1.28. The molecule has 1 heterocycles. The summed E-state index contributed by atoms with van der Waals surface area (Å²) >= 11 is 6.07. The average Bonchev–Trinajstić information content (AvgIpc) is 2.23. The van der Waals surface area contributed by atoms with Gasteiger partial charge in [0.1, 0.15) is 10.9 Å². The van der Waals surface area contributed by atoms with E-state index in [2.05, 4.69) is 18.8 Å². The number of rotatable bonds is 1. The van der Waals surface area contributed by atoms with Crippen molar-refractivity contribution in [1.29, 1.82) is 0 Å². The summed E-state index contributed by atoms with van der Waals surface area (Å²) in [5.74, 6) is 0.784. The van der Waals surface area contributed by atoms with E-state index in [0.29, 0.717) is 5.15 Å². The Morgan fingerprint density at radius 3 is 2.73 bits per heavy atom. The molecule has 3 heteroatoms. The fourth-order valence-corrected chi connectivity index (χ4v) is 1.98. The number of aryl methyl sites for hydroxylation is 2. The molecule has 0 bridgehead atoms. The van der Waals surface area contributed by atoms with Gasteiger partial charge in [0.25, 0.3) is 0 Å². The van der Waals surface area contributed by atoms with E-state index in [1.807, 2.05) is 12.1 Å². The number of pyridine rings is 1. The van der Waals surface area contributed by atoms with E-state index < -0.39 is 0 Å². The number of ether oxygens (including phenoxy) is 1. The molecule has 0 atom stereocenters. The largest absolute Gasteiger partial charge is 0.496 e. The Morgan fingerprint density at radius 2 is 2.07 bits per heavy atom. The molecule has 0 spiro atoms. The van der Waals surface area contributed by atoms with Crippen molar-refractivity contribution in [2.24, 2.45) is 0 Å². The maximum absolute atomic E-state index is 6.07. The summed E-state index contributed by atoms with van der Waals surface area (Å²) in [6, 6.07) is 3.96. The topological polar surface area (TPSA) is 22.1 Å². The van der Waals surface area contributed by atoms with Crippen molar-refractivity contribution in [2.45, 2.75) is 13.8 Å². The minimum absolute atomic E-state index is 0.493. The summed E-state index contributed by atoms with van der Waals surface area (Å²) in [5.41, 5.74) is 2.41. The van der Waals surface area contributed by atoms with Gasteiger partial charge in [-0.15, -0.1) is 0 Å². The van der Waals surface area contributed by atoms with E-state index in [1.165, 1.54) is 11.1 Å². The highest BCUT2D eigenvalue weighted by molar-refractivity contribution is 6.35. The van der Waals surface area contributed by atoms with Crippen molar-refractivity contribution in [3.63, 3.8) is 0 Å². The number of aromatic nitrogens is 1. The third-order valence-corrected chi connectivity index (χ3v) is 3.00. The SMILES string of the molecule is COc1cc(C)c(C)c2ccnc(Cl)c12. The van der Waals surface area contributed by atoms with Crippen LogP contribution in [0, 0.1) is 13.8 Å². The van der Waals surface area contributed by atoms with Crippen molar-refractivity contribution in [3.8, 4) is 5.75 Å². The summed E-state index contributed by atoms with van der Waals surface area (Å²) in [6.45, 7) is 4.14. The molecule has 15 heavy (non-hydrogen) atoms. The molecule has 1 aromatic heterocycles. The number of methoxy groups -OCH3 is 1. The second-order valence-electron chi connectivity index (χ2n) is 3.55. The smallest absolute Gasteiger partial charge is 0.140 e. The van der Waals surface area contributed by atoms with Gasteiger partial charge < -0.3 is 4.74 Å². The Bertz CT molecular complexity index is 523. The number of benzene rings is 1. The van der Waals surface area contributed by atoms with Crippen LogP contribution < -0.4 is 4.74 Å². The van der Waals surface area contributed by atoms with Crippen molar-refractivity contribution in [1.82, 2.24) is 4.98 Å². The van der Waals surface area contributed by atoms with Gasteiger partial charge in [-0.25, -0.2) is 4.98 Å². The van der Waals surface area contributed by atoms with Crippen LogP contribution in [-0.4, -0.2) is 12.1 Å². The van der Waals surface area contributed by atoms with Crippen LogP contribution in [-0.2, 0) is 0 Å². The zero-order valence-electron chi connectivity index (χ0n) is 8.97. The summed E-state index contributed by atoms with van der Waals surface area (Å²) in [4.78, 5) is 4.07. The maximum Gasteiger partial charge on any atom is 0.140 e. The third-order valence-electron chi connectivity index (χ3n) is 2.71. The summed E-state index contributed by atoms with van der Waals surface area (Å²) in [6.07, 6.45) is 1.72. The van der Waals surface area contributed by atoms with Gasteiger partial charge in [-0.3, -0.25) is 0 Å². The van der Waals surface area contributed by atoms with E-state index in [-0.39, 0.29) is 0 Å². The third kappa shape index (κ3) is 1.55. The van der Waals surface area contributed by atoms with E-state index in [1.54, 1.807) is 13.3 Å². The van der Waals surface area contributed by atoms with Crippen LogP contribution in [0.4, 0.5) is 0 Å². The summed E-state index contributed by atoms with van der Waals surface area (Å²) < 4.78 is 5.32. The molecule has 1 aromatic carbocycles. The van der Waals surface area contributed by atoms with E-state index in [9.17, 15) is 0 Å². The highest BCUT2D eigenvalue weighted by Gasteiger charge is 2.10. The first-order valence-electron chi connectivity index (χ1n) is 4.73. The predicted octanol–water partition coefficient (Wildman–Crippen LogP) is 3.51. The van der Waals surface area contributed by atoms with Crippen LogP contribution in [0.25, 0.3) is 10.8 Å². The van der Waals surface area contributed by atoms with Gasteiger partial charge in [-0.05, 0) is 42.5 Å². The van der Waals surface area contributed by atoms with Crippen LogP contribution in [0.5, 0.6) is 5.75 Å². The monoisotopic (exact) mass is 221 g/mol. The van der Waals surface area contributed by atoms with Gasteiger partial charge in [0.15, 0.2) is 0 Å². The van der Waals surface area contributed by atoms with Crippen LogP contribution in [0.1, 0.15) is 11.1 Å². The summed E-state index contributed by atoms with van der Waals surface area (Å²) in [7, 11) is 1.65. The average molecular weight is 222 g/mol. The van der Waals surface area contributed by atoms with Crippen molar-refractivity contribution >= 4 is 22.4 Å². The zero-order chi connectivity index (χ0) is 11.0. The maximum atomic E-state index is 6.07. The lowest BCUT2D eigenvalue weighted by molar-refractivity contribution is 0.419. The fourth-order valence-electron chi connectivity index (χ4n) is 1.73. The molecule has 78 valence electrons. The van der Waals surface area contributed by atoms with Crippen LogP contribution in [0.15, 0.2) is 18.3 Å².